The Kier molecular flexibility index (Phi) is 3.46. The second-order valence-corrected chi connectivity index (χ2v) is 5.78. The number of rotatable bonds is 3. The molecular weight excluding hydrogens is 256 g/mol. The molecule has 3 rings (SSSR count). The van der Waals surface area contributed by atoms with Crippen LogP contribution in [-0.2, 0) is 0 Å². The first-order valence-electron chi connectivity index (χ1n) is 7.34. The molecule has 2 aliphatic rings. The molecule has 1 atom stereocenters. The van der Waals surface area contributed by atoms with Crippen molar-refractivity contribution in [3.8, 4) is 0 Å². The number of nitrogens with zero attached hydrogens (tertiary/aromatic N) is 3. The van der Waals surface area contributed by atoms with Crippen LogP contribution in [0.3, 0.4) is 0 Å². The van der Waals surface area contributed by atoms with Gasteiger partial charge in [0.05, 0.1) is 4.92 Å². The summed E-state index contributed by atoms with van der Waals surface area (Å²) >= 11 is 0. The first-order chi connectivity index (χ1) is 9.66. The van der Waals surface area contributed by atoms with Crippen molar-refractivity contribution in [1.82, 2.24) is 4.98 Å². The van der Waals surface area contributed by atoms with Crippen molar-refractivity contribution in [1.29, 1.82) is 0 Å². The van der Waals surface area contributed by atoms with Crippen molar-refractivity contribution in [3.05, 3.63) is 22.2 Å². The summed E-state index contributed by atoms with van der Waals surface area (Å²) in [5, 5.41) is 10.8. The predicted molar refractivity (Wildman–Crippen MR) is 77.6 cm³/mol. The summed E-state index contributed by atoms with van der Waals surface area (Å²) in [5.74, 6) is 1.56. The molecule has 1 saturated carbocycles. The van der Waals surface area contributed by atoms with E-state index in [1.54, 1.807) is 6.07 Å². The number of hydrogen-bond acceptors (Lipinski definition) is 5. The number of nitrogen functional groups attached to an aromatic ring is 1. The van der Waals surface area contributed by atoms with E-state index in [1.165, 1.54) is 44.6 Å². The third-order valence-corrected chi connectivity index (χ3v) is 4.62. The van der Waals surface area contributed by atoms with Crippen molar-refractivity contribution in [2.45, 2.75) is 44.6 Å². The summed E-state index contributed by atoms with van der Waals surface area (Å²) in [6.07, 6.45) is 7.60. The van der Waals surface area contributed by atoms with Crippen LogP contribution >= 0.6 is 0 Å². The Morgan fingerprint density at radius 1 is 1.25 bits per heavy atom. The Morgan fingerprint density at radius 3 is 2.65 bits per heavy atom. The summed E-state index contributed by atoms with van der Waals surface area (Å²) in [7, 11) is 0. The molecule has 0 amide bonds. The average Bonchev–Trinajstić information content (AvgIpc) is 3.09. The molecule has 0 bridgehead atoms. The maximum absolute atomic E-state index is 10.8. The zero-order chi connectivity index (χ0) is 14.1. The minimum Gasteiger partial charge on any atom is -0.378 e. The Morgan fingerprint density at radius 2 is 2.00 bits per heavy atom. The largest absolute Gasteiger partial charge is 0.378 e. The van der Waals surface area contributed by atoms with Gasteiger partial charge in [-0.05, 0) is 37.7 Å². The van der Waals surface area contributed by atoms with Crippen molar-refractivity contribution in [3.63, 3.8) is 0 Å². The lowest BCUT2D eigenvalue weighted by molar-refractivity contribution is -0.384. The zero-order valence-electron chi connectivity index (χ0n) is 11.5. The first-order valence-corrected chi connectivity index (χ1v) is 7.34. The number of nitrogens with two attached hydrogens (primary N) is 1. The van der Waals surface area contributed by atoms with E-state index in [2.05, 4.69) is 9.88 Å². The van der Waals surface area contributed by atoms with E-state index in [4.69, 9.17) is 5.73 Å². The highest BCUT2D eigenvalue weighted by Gasteiger charge is 2.34. The van der Waals surface area contributed by atoms with Crippen molar-refractivity contribution < 1.29 is 4.92 Å². The van der Waals surface area contributed by atoms with Gasteiger partial charge in [0.15, 0.2) is 0 Å². The molecule has 0 spiro atoms. The molecule has 6 nitrogen and oxygen atoms in total. The maximum atomic E-state index is 10.8. The summed E-state index contributed by atoms with van der Waals surface area (Å²) < 4.78 is 0. The second kappa shape index (κ2) is 5.26. The molecular formula is C14H20N4O2. The van der Waals surface area contributed by atoms with E-state index in [9.17, 15) is 10.1 Å². The highest BCUT2D eigenvalue weighted by molar-refractivity contribution is 5.58. The fourth-order valence-corrected chi connectivity index (χ4v) is 3.68. The van der Waals surface area contributed by atoms with Gasteiger partial charge in [0, 0.05) is 18.7 Å². The predicted octanol–water partition coefficient (Wildman–Crippen LogP) is 2.73. The van der Waals surface area contributed by atoms with Gasteiger partial charge in [-0.15, -0.1) is 0 Å². The number of pyridine rings is 1. The number of hydrogen-bond donors (Lipinski definition) is 1. The monoisotopic (exact) mass is 276 g/mol. The van der Waals surface area contributed by atoms with Crippen LogP contribution in [0.4, 0.5) is 17.3 Å². The van der Waals surface area contributed by atoms with Gasteiger partial charge < -0.3 is 10.6 Å². The van der Waals surface area contributed by atoms with Crippen LogP contribution < -0.4 is 10.6 Å². The van der Waals surface area contributed by atoms with Gasteiger partial charge in [0.2, 0.25) is 5.82 Å². The molecule has 2 fully saturated rings. The quantitative estimate of drug-likeness (QED) is 0.677. The van der Waals surface area contributed by atoms with E-state index < -0.39 is 4.92 Å². The van der Waals surface area contributed by atoms with Gasteiger partial charge in [-0.2, -0.15) is 0 Å². The molecule has 20 heavy (non-hydrogen) atoms. The first kappa shape index (κ1) is 13.1. The molecule has 6 heteroatoms. The topological polar surface area (TPSA) is 85.3 Å². The summed E-state index contributed by atoms with van der Waals surface area (Å²) in [4.78, 5) is 16.9. The SMILES string of the molecule is Nc1nc(N2CCCC2C2CCCC2)ccc1[N+](=O)[O-]. The van der Waals surface area contributed by atoms with Gasteiger partial charge in [-0.25, -0.2) is 4.98 Å². The Bertz CT molecular complexity index is 514. The number of nitro groups is 1. The summed E-state index contributed by atoms with van der Waals surface area (Å²) in [6.45, 7) is 0.978. The summed E-state index contributed by atoms with van der Waals surface area (Å²) in [5.41, 5.74) is 5.60. The number of anilines is 2. The summed E-state index contributed by atoms with van der Waals surface area (Å²) in [6, 6.07) is 3.74. The van der Waals surface area contributed by atoms with Gasteiger partial charge in [0.25, 0.3) is 0 Å². The smallest absolute Gasteiger partial charge is 0.311 e. The van der Waals surface area contributed by atoms with E-state index in [-0.39, 0.29) is 11.5 Å². The third-order valence-electron chi connectivity index (χ3n) is 4.62. The van der Waals surface area contributed by atoms with Gasteiger partial charge >= 0.3 is 5.69 Å². The van der Waals surface area contributed by atoms with Crippen LogP contribution in [-0.4, -0.2) is 22.5 Å². The molecule has 1 aliphatic heterocycles. The van der Waals surface area contributed by atoms with Crippen molar-refractivity contribution in [2.75, 3.05) is 17.2 Å². The number of aromatic nitrogens is 1. The highest BCUT2D eigenvalue weighted by atomic mass is 16.6. The highest BCUT2D eigenvalue weighted by Crippen LogP contribution is 2.37. The Balaban J connectivity index is 1.84. The van der Waals surface area contributed by atoms with Crippen LogP contribution in [0.25, 0.3) is 0 Å². The lowest BCUT2D eigenvalue weighted by Crippen LogP contribution is -2.35. The van der Waals surface area contributed by atoms with E-state index in [0.29, 0.717) is 6.04 Å². The van der Waals surface area contributed by atoms with E-state index in [0.717, 1.165) is 18.3 Å². The van der Waals surface area contributed by atoms with Crippen LogP contribution in [0.1, 0.15) is 38.5 Å². The molecule has 1 aromatic heterocycles. The Labute approximate surface area is 118 Å². The van der Waals surface area contributed by atoms with Crippen molar-refractivity contribution >= 4 is 17.3 Å². The Hall–Kier alpha value is -1.85. The van der Waals surface area contributed by atoms with Gasteiger partial charge in [0.1, 0.15) is 5.82 Å². The van der Waals surface area contributed by atoms with Crippen LogP contribution in [0.2, 0.25) is 0 Å². The second-order valence-electron chi connectivity index (χ2n) is 5.78. The maximum Gasteiger partial charge on any atom is 0.311 e. The normalized spacial score (nSPS) is 23.4. The standard InChI is InChI=1S/C14H20N4O2/c15-14-12(18(19)20)7-8-13(16-14)17-9-3-6-11(17)10-4-1-2-5-10/h7-8,10-11H,1-6,9H2,(H2,15,16). The molecule has 2 heterocycles. The third kappa shape index (κ3) is 2.30. The minimum atomic E-state index is -0.482. The lowest BCUT2D eigenvalue weighted by Gasteiger charge is -2.30. The molecule has 0 aromatic carbocycles. The minimum absolute atomic E-state index is 0.0181. The molecule has 108 valence electrons. The molecule has 1 aliphatic carbocycles. The van der Waals surface area contributed by atoms with Gasteiger partial charge in [-0.1, -0.05) is 12.8 Å². The molecule has 0 radical (unpaired) electrons. The fraction of sp³-hybridized carbons (Fsp3) is 0.643. The van der Waals surface area contributed by atoms with Crippen LogP contribution in [0.15, 0.2) is 12.1 Å². The average molecular weight is 276 g/mol. The van der Waals surface area contributed by atoms with Crippen LogP contribution in [0, 0.1) is 16.0 Å². The molecule has 2 N–H and O–H groups in total. The van der Waals surface area contributed by atoms with Crippen molar-refractivity contribution in [2.24, 2.45) is 5.92 Å². The van der Waals surface area contributed by atoms with E-state index >= 15 is 0 Å². The molecule has 1 unspecified atom stereocenters. The van der Waals surface area contributed by atoms with Gasteiger partial charge in [-0.3, -0.25) is 10.1 Å². The molecule has 1 aromatic rings. The lowest BCUT2D eigenvalue weighted by atomic mass is 9.96. The fourth-order valence-electron chi connectivity index (χ4n) is 3.68. The van der Waals surface area contributed by atoms with Crippen LogP contribution in [0.5, 0.6) is 0 Å². The molecule has 1 saturated heterocycles. The zero-order valence-corrected chi connectivity index (χ0v) is 11.5. The van der Waals surface area contributed by atoms with E-state index in [1.807, 2.05) is 0 Å².